The summed E-state index contributed by atoms with van der Waals surface area (Å²) in [5.41, 5.74) is 0.811. The largest absolute Gasteiger partial charge is 0.426 e. The minimum Gasteiger partial charge on any atom is -0.426 e. The summed E-state index contributed by atoms with van der Waals surface area (Å²) in [6.45, 7) is 1.90. The first-order valence-corrected chi connectivity index (χ1v) is 12.4. The molecule has 0 saturated carbocycles. The fourth-order valence-corrected chi connectivity index (χ4v) is 4.42. The Kier molecular flexibility index (Phi) is 7.05. The Morgan fingerprint density at radius 1 is 0.897 bits per heavy atom. The lowest BCUT2D eigenvalue weighted by molar-refractivity contribution is -0.134. The summed E-state index contributed by atoms with van der Waals surface area (Å²) in [4.78, 5) is 63.6. The van der Waals surface area contributed by atoms with Crippen LogP contribution in [-0.4, -0.2) is 35.1 Å². The monoisotopic (exact) mass is 524 g/mol. The molecule has 9 nitrogen and oxygen atoms in total. The fourth-order valence-electron chi connectivity index (χ4n) is 4.42. The molecular formula is C30H24N2O7. The van der Waals surface area contributed by atoms with Crippen molar-refractivity contribution in [1.82, 2.24) is 10.2 Å². The van der Waals surface area contributed by atoms with E-state index in [4.69, 9.17) is 9.15 Å². The molecule has 39 heavy (non-hydrogen) atoms. The highest BCUT2D eigenvalue weighted by Gasteiger charge is 2.34. The number of nitrogens with one attached hydrogen (secondary N) is 1. The lowest BCUT2D eigenvalue weighted by Gasteiger charge is -2.14. The predicted octanol–water partition coefficient (Wildman–Crippen LogP) is 4.27. The van der Waals surface area contributed by atoms with Crippen LogP contribution in [0.1, 0.15) is 62.4 Å². The van der Waals surface area contributed by atoms with E-state index in [1.165, 1.54) is 18.2 Å². The summed E-state index contributed by atoms with van der Waals surface area (Å²) in [6.07, 6.45) is 0.195. The average molecular weight is 525 g/mol. The Labute approximate surface area is 223 Å². The van der Waals surface area contributed by atoms with E-state index in [1.54, 1.807) is 30.3 Å². The van der Waals surface area contributed by atoms with Gasteiger partial charge >= 0.3 is 11.6 Å². The number of carbonyl (C=O) groups is 4. The molecule has 3 amide bonds. The van der Waals surface area contributed by atoms with Gasteiger partial charge in [0.05, 0.1) is 17.2 Å². The zero-order valence-corrected chi connectivity index (χ0v) is 21.0. The lowest BCUT2D eigenvalue weighted by atomic mass is 10.1. The normalized spacial score (nSPS) is 13.3. The fraction of sp³-hybridized carbons (Fsp3) is 0.167. The average Bonchev–Trinajstić information content (AvgIpc) is 3.18. The van der Waals surface area contributed by atoms with E-state index in [1.807, 2.05) is 37.3 Å². The van der Waals surface area contributed by atoms with Crippen LogP contribution >= 0.6 is 0 Å². The third-order valence-corrected chi connectivity index (χ3v) is 6.47. The Hall–Kier alpha value is -5.05. The van der Waals surface area contributed by atoms with Gasteiger partial charge in [0.25, 0.3) is 17.7 Å². The van der Waals surface area contributed by atoms with Gasteiger partial charge in [0.2, 0.25) is 0 Å². The van der Waals surface area contributed by atoms with Crippen molar-refractivity contribution in [3.8, 4) is 5.75 Å². The summed E-state index contributed by atoms with van der Waals surface area (Å²) in [5.74, 6) is -1.73. The van der Waals surface area contributed by atoms with E-state index >= 15 is 0 Å². The summed E-state index contributed by atoms with van der Waals surface area (Å²) < 4.78 is 10.7. The number of rotatable bonds is 8. The molecule has 1 aliphatic rings. The van der Waals surface area contributed by atoms with E-state index in [9.17, 15) is 24.0 Å². The van der Waals surface area contributed by atoms with Crippen LogP contribution < -0.4 is 15.7 Å². The number of hydrogen-bond acceptors (Lipinski definition) is 7. The van der Waals surface area contributed by atoms with E-state index in [2.05, 4.69) is 5.32 Å². The summed E-state index contributed by atoms with van der Waals surface area (Å²) in [7, 11) is 0. The van der Waals surface area contributed by atoms with Crippen LogP contribution in [0, 0.1) is 0 Å². The third-order valence-electron chi connectivity index (χ3n) is 6.47. The number of amides is 3. The van der Waals surface area contributed by atoms with E-state index in [0.29, 0.717) is 16.5 Å². The lowest BCUT2D eigenvalue weighted by Crippen LogP contribution is -2.31. The molecule has 0 radical (unpaired) electrons. The molecule has 1 aliphatic heterocycles. The molecular weight excluding hydrogens is 500 g/mol. The van der Waals surface area contributed by atoms with Crippen molar-refractivity contribution >= 4 is 34.7 Å². The van der Waals surface area contributed by atoms with E-state index in [0.717, 1.165) is 10.5 Å². The molecule has 196 valence electrons. The highest BCUT2D eigenvalue weighted by molar-refractivity contribution is 6.21. The topological polar surface area (TPSA) is 123 Å². The zero-order chi connectivity index (χ0) is 27.5. The van der Waals surface area contributed by atoms with Gasteiger partial charge in [-0.2, -0.15) is 0 Å². The van der Waals surface area contributed by atoms with Gasteiger partial charge < -0.3 is 14.5 Å². The number of ether oxygens (including phenoxy) is 1. The SMILES string of the molecule is CC(NC(=O)c1cc2ccc(OC(=O)CCCN3C(=O)c4ccccc4C3=O)cc2oc1=O)c1ccccc1. The molecule has 3 aromatic carbocycles. The molecule has 9 heteroatoms. The first kappa shape index (κ1) is 25.6. The predicted molar refractivity (Wildman–Crippen MR) is 141 cm³/mol. The van der Waals surface area contributed by atoms with Gasteiger partial charge in [-0.15, -0.1) is 0 Å². The number of fused-ring (bicyclic) bond motifs is 2. The van der Waals surface area contributed by atoms with Crippen LogP contribution in [0.4, 0.5) is 0 Å². The molecule has 0 bridgehead atoms. The van der Waals surface area contributed by atoms with Crippen molar-refractivity contribution in [2.24, 2.45) is 0 Å². The number of carbonyl (C=O) groups excluding carboxylic acids is 4. The smallest absolute Gasteiger partial charge is 0.349 e. The summed E-state index contributed by atoms with van der Waals surface area (Å²) in [5, 5.41) is 3.28. The molecule has 4 aromatic rings. The molecule has 1 N–H and O–H groups in total. The number of imide groups is 1. The van der Waals surface area contributed by atoms with Gasteiger partial charge in [0.1, 0.15) is 16.9 Å². The highest BCUT2D eigenvalue weighted by atomic mass is 16.5. The van der Waals surface area contributed by atoms with Gasteiger partial charge in [-0.1, -0.05) is 42.5 Å². The molecule has 0 aliphatic carbocycles. The molecule has 5 rings (SSSR count). The Balaban J connectivity index is 1.19. The standard InChI is InChI=1S/C30H24N2O7/c1-18(19-8-3-2-4-9-19)31-27(34)24-16-20-13-14-21(17-25(20)39-30(24)37)38-26(33)12-7-15-32-28(35)22-10-5-6-11-23(22)29(32)36/h2-6,8-11,13-14,16-18H,7,12,15H2,1H3,(H,31,34). The maximum atomic E-state index is 12.7. The van der Waals surface area contributed by atoms with Crippen molar-refractivity contribution in [2.75, 3.05) is 6.54 Å². The molecule has 0 fully saturated rings. The highest BCUT2D eigenvalue weighted by Crippen LogP contribution is 2.24. The van der Waals surface area contributed by atoms with E-state index < -0.39 is 17.5 Å². The molecule has 2 heterocycles. The summed E-state index contributed by atoms with van der Waals surface area (Å²) >= 11 is 0. The van der Waals surface area contributed by atoms with Crippen molar-refractivity contribution in [3.63, 3.8) is 0 Å². The Bertz CT molecular complexity index is 1620. The van der Waals surface area contributed by atoms with Crippen molar-refractivity contribution < 1.29 is 28.3 Å². The number of nitrogens with zero attached hydrogens (tertiary/aromatic N) is 1. The zero-order valence-electron chi connectivity index (χ0n) is 21.0. The summed E-state index contributed by atoms with van der Waals surface area (Å²) in [6, 6.07) is 21.6. The number of hydrogen-bond donors (Lipinski definition) is 1. The first-order chi connectivity index (χ1) is 18.8. The molecule has 1 aromatic heterocycles. The van der Waals surface area contributed by atoms with Crippen molar-refractivity contribution in [3.05, 3.63) is 112 Å². The third kappa shape index (κ3) is 5.33. The van der Waals surface area contributed by atoms with Gasteiger partial charge in [0.15, 0.2) is 0 Å². The van der Waals surface area contributed by atoms with Gasteiger partial charge in [0, 0.05) is 24.4 Å². The maximum Gasteiger partial charge on any atom is 0.349 e. The second-order valence-corrected chi connectivity index (χ2v) is 9.14. The van der Waals surface area contributed by atoms with Gasteiger partial charge in [-0.25, -0.2) is 4.79 Å². The molecule has 0 saturated heterocycles. The van der Waals surface area contributed by atoms with Gasteiger partial charge in [-0.05, 0) is 49.2 Å². The molecule has 1 unspecified atom stereocenters. The van der Waals surface area contributed by atoms with Crippen molar-refractivity contribution in [2.45, 2.75) is 25.8 Å². The van der Waals surface area contributed by atoms with Crippen LogP contribution in [-0.2, 0) is 4.79 Å². The van der Waals surface area contributed by atoms with Crippen molar-refractivity contribution in [1.29, 1.82) is 0 Å². The second kappa shape index (κ2) is 10.7. The van der Waals surface area contributed by atoms with Crippen LogP contribution in [0.5, 0.6) is 5.75 Å². The van der Waals surface area contributed by atoms with E-state index in [-0.39, 0.29) is 54.1 Å². The number of benzene rings is 3. The van der Waals surface area contributed by atoms with Gasteiger partial charge in [-0.3, -0.25) is 24.1 Å². The quantitative estimate of drug-likeness (QED) is 0.158. The first-order valence-electron chi connectivity index (χ1n) is 12.4. The van der Waals surface area contributed by atoms with Crippen LogP contribution in [0.15, 0.2) is 88.1 Å². The molecule has 1 atom stereocenters. The Morgan fingerprint density at radius 3 is 2.26 bits per heavy atom. The maximum absolute atomic E-state index is 12.7. The van der Waals surface area contributed by atoms with Crippen LogP contribution in [0.25, 0.3) is 11.0 Å². The number of esters is 1. The minimum absolute atomic E-state index is 0.0336. The second-order valence-electron chi connectivity index (χ2n) is 9.14. The molecule has 0 spiro atoms. The minimum atomic E-state index is -0.815. The van der Waals surface area contributed by atoms with Crippen LogP contribution in [0.3, 0.4) is 0 Å². The van der Waals surface area contributed by atoms with Crippen LogP contribution in [0.2, 0.25) is 0 Å². The Morgan fingerprint density at radius 2 is 1.56 bits per heavy atom.